The van der Waals surface area contributed by atoms with Gasteiger partial charge in [0.25, 0.3) is 5.91 Å². The molecule has 1 aromatic heterocycles. The molecular formula is C18H23FN6O3S. The van der Waals surface area contributed by atoms with E-state index in [1.54, 1.807) is 0 Å². The highest BCUT2D eigenvalue weighted by atomic mass is 32.2. The zero-order valence-corrected chi connectivity index (χ0v) is 16.7. The van der Waals surface area contributed by atoms with Crippen molar-refractivity contribution in [1.29, 1.82) is 0 Å². The quantitative estimate of drug-likeness (QED) is 0.762. The summed E-state index contributed by atoms with van der Waals surface area (Å²) in [6.07, 6.45) is 4.80. The molecule has 2 aromatic rings. The number of carbonyl (C=O) groups is 1. The third-order valence-corrected chi connectivity index (χ3v) is 7.13. The number of sulfonamides is 1. The third kappa shape index (κ3) is 4.10. The highest BCUT2D eigenvalue weighted by Gasteiger charge is 2.30. The Morgan fingerprint density at radius 1 is 1.07 bits per heavy atom. The molecule has 29 heavy (non-hydrogen) atoms. The van der Waals surface area contributed by atoms with Crippen molar-refractivity contribution in [3.63, 3.8) is 0 Å². The van der Waals surface area contributed by atoms with Crippen molar-refractivity contribution in [2.24, 2.45) is 0 Å². The molecule has 0 saturated carbocycles. The monoisotopic (exact) mass is 422 g/mol. The van der Waals surface area contributed by atoms with Crippen LogP contribution in [0, 0.1) is 5.82 Å². The number of aromatic nitrogens is 3. The van der Waals surface area contributed by atoms with E-state index in [0.29, 0.717) is 19.0 Å². The largest absolute Gasteiger partial charge is 0.340 e. The Bertz CT molecular complexity index is 997. The predicted octanol–water partition coefficient (Wildman–Crippen LogP) is 1.97. The summed E-state index contributed by atoms with van der Waals surface area (Å²) in [5.41, 5.74) is 0.0279. The Hall–Kier alpha value is -2.53. The molecule has 0 unspecified atom stereocenters. The first-order chi connectivity index (χ1) is 13.9. The van der Waals surface area contributed by atoms with Gasteiger partial charge < -0.3 is 4.90 Å². The number of amides is 1. The number of benzene rings is 1. The molecule has 11 heteroatoms. The SMILES string of the molecule is O=C(Nc1nc(N2CCCCC2)n[nH]1)c1ccc(F)c(S(=O)(=O)N2CCCC2)c1. The van der Waals surface area contributed by atoms with Crippen molar-refractivity contribution in [1.82, 2.24) is 19.5 Å². The van der Waals surface area contributed by atoms with E-state index in [9.17, 15) is 17.6 Å². The maximum Gasteiger partial charge on any atom is 0.258 e. The van der Waals surface area contributed by atoms with Crippen molar-refractivity contribution >= 4 is 27.8 Å². The predicted molar refractivity (Wildman–Crippen MR) is 105 cm³/mol. The fourth-order valence-corrected chi connectivity index (χ4v) is 5.24. The Morgan fingerprint density at radius 2 is 1.76 bits per heavy atom. The van der Waals surface area contributed by atoms with Crippen LogP contribution in [0.1, 0.15) is 42.5 Å². The van der Waals surface area contributed by atoms with Crippen LogP contribution in [0.5, 0.6) is 0 Å². The number of halogens is 1. The lowest BCUT2D eigenvalue weighted by atomic mass is 10.1. The van der Waals surface area contributed by atoms with Gasteiger partial charge in [0.1, 0.15) is 10.7 Å². The lowest BCUT2D eigenvalue weighted by Gasteiger charge is -2.24. The number of H-pyrrole nitrogens is 1. The van der Waals surface area contributed by atoms with Gasteiger partial charge in [-0.2, -0.15) is 9.29 Å². The fraction of sp³-hybridized carbons (Fsp3) is 0.500. The summed E-state index contributed by atoms with van der Waals surface area (Å²) < 4.78 is 40.9. The minimum atomic E-state index is -3.97. The van der Waals surface area contributed by atoms with E-state index >= 15 is 0 Å². The van der Waals surface area contributed by atoms with E-state index in [1.807, 2.05) is 4.90 Å². The molecule has 156 valence electrons. The van der Waals surface area contributed by atoms with Crippen molar-refractivity contribution < 1.29 is 17.6 Å². The molecule has 1 amide bonds. The Balaban J connectivity index is 1.51. The zero-order chi connectivity index (χ0) is 20.4. The molecule has 0 aliphatic carbocycles. The second kappa shape index (κ2) is 8.07. The van der Waals surface area contributed by atoms with Crippen LogP contribution in [0.15, 0.2) is 23.1 Å². The fourth-order valence-electron chi connectivity index (χ4n) is 3.63. The maximum atomic E-state index is 14.2. The molecule has 3 heterocycles. The van der Waals surface area contributed by atoms with E-state index < -0.39 is 26.6 Å². The Labute approximate surface area is 168 Å². The summed E-state index contributed by atoms with van der Waals surface area (Å²) in [6, 6.07) is 3.31. The van der Waals surface area contributed by atoms with Crippen LogP contribution in [0.2, 0.25) is 0 Å². The number of hydrogen-bond donors (Lipinski definition) is 2. The van der Waals surface area contributed by atoms with E-state index in [2.05, 4.69) is 20.5 Å². The van der Waals surface area contributed by atoms with Gasteiger partial charge in [-0.25, -0.2) is 17.9 Å². The summed E-state index contributed by atoms with van der Waals surface area (Å²) in [4.78, 5) is 18.4. The molecule has 2 N–H and O–H groups in total. The van der Waals surface area contributed by atoms with Gasteiger partial charge in [-0.05, 0) is 50.3 Å². The molecule has 1 aromatic carbocycles. The molecule has 0 radical (unpaired) electrons. The molecule has 2 aliphatic rings. The second-order valence-corrected chi connectivity index (χ2v) is 9.15. The van der Waals surface area contributed by atoms with Crippen LogP contribution < -0.4 is 10.2 Å². The number of anilines is 2. The van der Waals surface area contributed by atoms with Gasteiger partial charge in [0.2, 0.25) is 21.9 Å². The summed E-state index contributed by atoms with van der Waals surface area (Å²) in [7, 11) is -3.97. The normalized spacial score (nSPS) is 18.2. The number of piperidine rings is 1. The number of aromatic amines is 1. The molecule has 2 aliphatic heterocycles. The summed E-state index contributed by atoms with van der Waals surface area (Å²) in [5, 5.41) is 9.35. The molecule has 2 saturated heterocycles. The van der Waals surface area contributed by atoms with Crippen molar-refractivity contribution in [3.05, 3.63) is 29.6 Å². The lowest BCUT2D eigenvalue weighted by molar-refractivity contribution is 0.102. The maximum absolute atomic E-state index is 14.2. The average Bonchev–Trinajstić information content (AvgIpc) is 3.41. The minimum absolute atomic E-state index is 0.0279. The number of hydrogen-bond acceptors (Lipinski definition) is 6. The van der Waals surface area contributed by atoms with Gasteiger partial charge in [0.15, 0.2) is 0 Å². The van der Waals surface area contributed by atoms with E-state index in [4.69, 9.17) is 0 Å². The van der Waals surface area contributed by atoms with Crippen LogP contribution >= 0.6 is 0 Å². The lowest BCUT2D eigenvalue weighted by Crippen LogP contribution is -2.30. The van der Waals surface area contributed by atoms with Gasteiger partial charge in [0.05, 0.1) is 0 Å². The highest BCUT2D eigenvalue weighted by Crippen LogP contribution is 2.24. The number of nitrogens with one attached hydrogen (secondary N) is 2. The molecule has 9 nitrogen and oxygen atoms in total. The van der Waals surface area contributed by atoms with Gasteiger partial charge in [-0.1, -0.05) is 0 Å². The van der Waals surface area contributed by atoms with Gasteiger partial charge >= 0.3 is 0 Å². The van der Waals surface area contributed by atoms with Crippen molar-refractivity contribution in [3.8, 4) is 0 Å². The Morgan fingerprint density at radius 3 is 2.48 bits per heavy atom. The molecule has 0 atom stereocenters. The smallest absolute Gasteiger partial charge is 0.258 e. The van der Waals surface area contributed by atoms with Crippen LogP contribution in [0.4, 0.5) is 16.3 Å². The number of carbonyl (C=O) groups excluding carboxylic acids is 1. The molecule has 2 fully saturated rings. The second-order valence-electron chi connectivity index (χ2n) is 7.24. The van der Waals surface area contributed by atoms with E-state index in [1.165, 1.54) is 16.8 Å². The molecular weight excluding hydrogens is 399 g/mol. The van der Waals surface area contributed by atoms with Gasteiger partial charge in [-0.3, -0.25) is 10.1 Å². The van der Waals surface area contributed by atoms with Crippen molar-refractivity contribution in [2.45, 2.75) is 37.0 Å². The van der Waals surface area contributed by atoms with Gasteiger partial charge in [0, 0.05) is 31.7 Å². The van der Waals surface area contributed by atoms with Gasteiger partial charge in [-0.15, -0.1) is 5.10 Å². The summed E-state index contributed by atoms with van der Waals surface area (Å²) in [6.45, 7) is 2.44. The third-order valence-electron chi connectivity index (χ3n) is 5.22. The molecule has 0 bridgehead atoms. The standard InChI is InChI=1S/C18H23FN6O3S/c19-14-7-6-13(12-15(14)29(27,28)25-10-4-5-11-25)16(26)20-17-21-18(23-22-17)24-8-2-1-3-9-24/h6-7,12H,1-5,8-11H2,(H2,20,21,22,23,26). The van der Waals surface area contributed by atoms with Crippen LogP contribution in [0.3, 0.4) is 0 Å². The van der Waals surface area contributed by atoms with Crippen LogP contribution in [0.25, 0.3) is 0 Å². The molecule has 4 rings (SSSR count). The minimum Gasteiger partial charge on any atom is -0.340 e. The number of nitrogens with zero attached hydrogens (tertiary/aromatic N) is 4. The topological polar surface area (TPSA) is 111 Å². The first-order valence-corrected chi connectivity index (χ1v) is 11.2. The van der Waals surface area contributed by atoms with E-state index in [0.717, 1.165) is 50.9 Å². The average molecular weight is 422 g/mol. The summed E-state index contributed by atoms with van der Waals surface area (Å²) >= 11 is 0. The van der Waals surface area contributed by atoms with Crippen LogP contribution in [-0.2, 0) is 10.0 Å². The molecule has 0 spiro atoms. The zero-order valence-electron chi connectivity index (χ0n) is 15.9. The summed E-state index contributed by atoms with van der Waals surface area (Å²) in [5.74, 6) is -0.801. The Kier molecular flexibility index (Phi) is 5.50. The number of rotatable bonds is 5. The van der Waals surface area contributed by atoms with Crippen molar-refractivity contribution in [2.75, 3.05) is 36.4 Å². The first-order valence-electron chi connectivity index (χ1n) is 9.73. The highest BCUT2D eigenvalue weighted by molar-refractivity contribution is 7.89. The van der Waals surface area contributed by atoms with E-state index in [-0.39, 0.29) is 11.5 Å². The first kappa shape index (κ1) is 19.8. The van der Waals surface area contributed by atoms with Crippen LogP contribution in [-0.4, -0.2) is 60.0 Å².